The summed E-state index contributed by atoms with van der Waals surface area (Å²) in [6.07, 6.45) is 0. The molecule has 0 bridgehead atoms. The molecular weight excluding hydrogens is 400 g/mol. The van der Waals surface area contributed by atoms with Gasteiger partial charge in [0.25, 0.3) is 0 Å². The Morgan fingerprint density at radius 3 is 1.77 bits per heavy atom. The van der Waals surface area contributed by atoms with Crippen molar-refractivity contribution < 1.29 is 15.0 Å². The maximum Gasteiger partial charge on any atom is 0.177 e. The van der Waals surface area contributed by atoms with Crippen LogP contribution in [0.25, 0.3) is 5.57 Å². The molecule has 1 aliphatic rings. The van der Waals surface area contributed by atoms with E-state index in [4.69, 9.17) is 11.6 Å². The Morgan fingerprint density at radius 2 is 1.33 bits per heavy atom. The second-order valence-corrected chi connectivity index (χ2v) is 7.72. The van der Waals surface area contributed by atoms with E-state index in [2.05, 4.69) is 9.80 Å². The van der Waals surface area contributed by atoms with Crippen LogP contribution in [0.3, 0.4) is 0 Å². The molecule has 1 unspecified atom stereocenters. The Morgan fingerprint density at radius 1 is 0.833 bits per heavy atom. The average Bonchev–Trinajstić information content (AvgIpc) is 2.73. The van der Waals surface area contributed by atoms with Crippen LogP contribution in [-0.4, -0.2) is 42.2 Å². The lowest BCUT2D eigenvalue weighted by atomic mass is 9.76. The summed E-state index contributed by atoms with van der Waals surface area (Å²) in [5.74, 6) is -0.817. The van der Waals surface area contributed by atoms with E-state index in [-0.39, 0.29) is 17.3 Å². The fourth-order valence-electron chi connectivity index (χ4n) is 4.06. The lowest BCUT2D eigenvalue weighted by Crippen LogP contribution is -2.27. The summed E-state index contributed by atoms with van der Waals surface area (Å²) in [6.45, 7) is 11.5. The van der Waals surface area contributed by atoms with Gasteiger partial charge in [0.05, 0.1) is 5.92 Å². The molecule has 0 spiro atoms. The van der Waals surface area contributed by atoms with Crippen molar-refractivity contribution in [1.29, 1.82) is 0 Å². The van der Waals surface area contributed by atoms with Crippen LogP contribution in [0.15, 0.2) is 41.4 Å². The molecule has 6 heteroatoms. The Balaban J connectivity index is 1.93. The van der Waals surface area contributed by atoms with Gasteiger partial charge in [0, 0.05) is 71.4 Å². The van der Waals surface area contributed by atoms with E-state index in [0.717, 1.165) is 37.6 Å². The highest BCUT2D eigenvalue weighted by atomic mass is 35.5. The molecule has 0 saturated heterocycles. The summed E-state index contributed by atoms with van der Waals surface area (Å²) < 4.78 is 0. The summed E-state index contributed by atoms with van der Waals surface area (Å²) in [7, 11) is 0. The molecule has 3 rings (SSSR count). The van der Waals surface area contributed by atoms with Crippen molar-refractivity contribution in [3.8, 4) is 11.5 Å². The van der Waals surface area contributed by atoms with Gasteiger partial charge in [0.2, 0.25) is 0 Å². The van der Waals surface area contributed by atoms with Gasteiger partial charge in [-0.1, -0.05) is 17.7 Å². The Hall–Kier alpha value is -2.66. The number of benzene rings is 2. The molecule has 2 aromatic rings. The van der Waals surface area contributed by atoms with E-state index in [0.29, 0.717) is 21.7 Å². The van der Waals surface area contributed by atoms with Gasteiger partial charge in [-0.15, -0.1) is 0 Å². The molecule has 0 radical (unpaired) electrons. The fourth-order valence-corrected chi connectivity index (χ4v) is 4.47. The number of hydrogen-bond donors (Lipinski definition) is 2. The van der Waals surface area contributed by atoms with E-state index < -0.39 is 5.92 Å². The van der Waals surface area contributed by atoms with Gasteiger partial charge in [-0.2, -0.15) is 0 Å². The number of phenolic OH excluding ortho intramolecular Hbond substituents is 2. The van der Waals surface area contributed by atoms with Gasteiger partial charge in [-0.05, 0) is 45.9 Å². The number of carbonyl (C=O) groups is 1. The van der Waals surface area contributed by atoms with E-state index in [9.17, 15) is 15.0 Å². The number of phenols is 2. The molecule has 2 N–H and O–H groups in total. The predicted octanol–water partition coefficient (Wildman–Crippen LogP) is 5.11. The number of rotatable bonds is 8. The largest absolute Gasteiger partial charge is 0.508 e. The summed E-state index contributed by atoms with van der Waals surface area (Å²) >= 11 is 6.52. The lowest BCUT2D eigenvalue weighted by Gasteiger charge is -2.30. The Kier molecular flexibility index (Phi) is 6.61. The fraction of sp³-hybridized carbons (Fsp3) is 0.375. The standard InChI is InChI=1S/C24H29ClN2O3/c1-5-26(6-2)15-9-11-17(19(28)13-15)21-23(25)22(24(21)30)18-12-10-16(14-20(18)29)27(7-3)8-4/h9-14,21,28-29H,5-8H2,1-4H3. The van der Waals surface area contributed by atoms with Crippen LogP contribution in [0.5, 0.6) is 11.5 Å². The van der Waals surface area contributed by atoms with Crippen LogP contribution >= 0.6 is 11.6 Å². The van der Waals surface area contributed by atoms with Crippen molar-refractivity contribution in [3.63, 3.8) is 0 Å². The van der Waals surface area contributed by atoms with Crippen LogP contribution in [0, 0.1) is 0 Å². The molecule has 0 aromatic heterocycles. The first-order valence-electron chi connectivity index (χ1n) is 10.5. The molecule has 0 aliphatic heterocycles. The van der Waals surface area contributed by atoms with Crippen molar-refractivity contribution in [1.82, 2.24) is 0 Å². The minimum absolute atomic E-state index is 0.0282. The zero-order chi connectivity index (χ0) is 22.0. The van der Waals surface area contributed by atoms with Crippen LogP contribution in [0.1, 0.15) is 44.7 Å². The highest BCUT2D eigenvalue weighted by Crippen LogP contribution is 2.50. The number of hydrogen-bond acceptors (Lipinski definition) is 5. The van der Waals surface area contributed by atoms with Gasteiger partial charge in [-0.3, -0.25) is 4.79 Å². The topological polar surface area (TPSA) is 64.0 Å². The number of anilines is 2. The predicted molar refractivity (Wildman–Crippen MR) is 124 cm³/mol. The third-order valence-corrected chi connectivity index (χ3v) is 6.24. The van der Waals surface area contributed by atoms with Crippen LogP contribution in [0.4, 0.5) is 11.4 Å². The normalized spacial score (nSPS) is 15.9. The zero-order valence-electron chi connectivity index (χ0n) is 17.9. The summed E-state index contributed by atoms with van der Waals surface area (Å²) in [5.41, 5.74) is 3.03. The molecule has 2 aromatic carbocycles. The molecule has 0 heterocycles. The first-order valence-corrected chi connectivity index (χ1v) is 10.9. The van der Waals surface area contributed by atoms with Gasteiger partial charge in [0.15, 0.2) is 5.78 Å². The molecular formula is C24H29ClN2O3. The third-order valence-electron chi connectivity index (χ3n) is 5.83. The second-order valence-electron chi connectivity index (χ2n) is 7.31. The molecule has 5 nitrogen and oxygen atoms in total. The number of ketones is 1. The van der Waals surface area contributed by atoms with Crippen LogP contribution < -0.4 is 9.80 Å². The lowest BCUT2D eigenvalue weighted by molar-refractivity contribution is -0.115. The first-order chi connectivity index (χ1) is 14.4. The van der Waals surface area contributed by atoms with Crippen molar-refractivity contribution in [3.05, 3.63) is 52.6 Å². The molecule has 1 aliphatic carbocycles. The van der Waals surface area contributed by atoms with Crippen molar-refractivity contribution in [2.24, 2.45) is 0 Å². The highest BCUT2D eigenvalue weighted by molar-refractivity contribution is 6.49. The van der Waals surface area contributed by atoms with Gasteiger partial charge < -0.3 is 20.0 Å². The van der Waals surface area contributed by atoms with E-state index in [1.165, 1.54) is 0 Å². The molecule has 1 atom stereocenters. The molecule has 30 heavy (non-hydrogen) atoms. The Labute approximate surface area is 183 Å². The van der Waals surface area contributed by atoms with E-state index in [1.807, 2.05) is 39.8 Å². The maximum absolute atomic E-state index is 13.0. The van der Waals surface area contributed by atoms with Crippen molar-refractivity contribution in [2.45, 2.75) is 33.6 Å². The van der Waals surface area contributed by atoms with Gasteiger partial charge in [-0.25, -0.2) is 0 Å². The quantitative estimate of drug-likeness (QED) is 0.611. The minimum Gasteiger partial charge on any atom is -0.508 e. The number of aromatic hydroxyl groups is 2. The molecule has 0 fully saturated rings. The van der Waals surface area contributed by atoms with Gasteiger partial charge >= 0.3 is 0 Å². The monoisotopic (exact) mass is 428 g/mol. The van der Waals surface area contributed by atoms with Crippen LogP contribution in [0.2, 0.25) is 0 Å². The van der Waals surface area contributed by atoms with Crippen molar-refractivity contribution >= 4 is 34.3 Å². The third kappa shape index (κ3) is 3.74. The summed E-state index contributed by atoms with van der Waals surface area (Å²) in [6, 6.07) is 10.6. The highest BCUT2D eigenvalue weighted by Gasteiger charge is 2.42. The first kappa shape index (κ1) is 22.0. The number of halogens is 1. The number of Topliss-reactive ketones (excluding diaryl/α,β-unsaturated/α-hetero) is 1. The average molecular weight is 429 g/mol. The molecule has 0 amide bonds. The second kappa shape index (κ2) is 9.00. The molecule has 160 valence electrons. The SMILES string of the molecule is CCN(CC)c1ccc(C2=C(Cl)C(c3ccc(N(CC)CC)cc3O)C2=O)c(O)c1. The zero-order valence-corrected chi connectivity index (χ0v) is 18.7. The molecule has 0 saturated carbocycles. The van der Waals surface area contributed by atoms with Crippen LogP contribution in [-0.2, 0) is 4.79 Å². The summed E-state index contributed by atoms with van der Waals surface area (Å²) in [4.78, 5) is 17.2. The maximum atomic E-state index is 13.0. The minimum atomic E-state index is -0.700. The smallest absolute Gasteiger partial charge is 0.177 e. The number of nitrogens with zero attached hydrogens (tertiary/aromatic N) is 2. The number of allylic oxidation sites excluding steroid dienone is 2. The van der Waals surface area contributed by atoms with E-state index in [1.54, 1.807) is 24.3 Å². The van der Waals surface area contributed by atoms with Gasteiger partial charge in [0.1, 0.15) is 11.5 Å². The van der Waals surface area contributed by atoms with E-state index >= 15 is 0 Å². The number of carbonyl (C=O) groups excluding carboxylic acids is 1. The summed E-state index contributed by atoms with van der Waals surface area (Å²) in [5, 5.41) is 21.4. The Bertz CT molecular complexity index is 978. The van der Waals surface area contributed by atoms with Crippen molar-refractivity contribution in [2.75, 3.05) is 36.0 Å².